The molecule has 3 rings (SSSR count). The van der Waals surface area contributed by atoms with Gasteiger partial charge in [-0.2, -0.15) is 13.2 Å². The molecule has 0 unspecified atom stereocenters. The zero-order valence-electron chi connectivity index (χ0n) is 14.7. The fourth-order valence-electron chi connectivity index (χ4n) is 2.92. The zero-order valence-corrected chi connectivity index (χ0v) is 14.7. The van der Waals surface area contributed by atoms with Crippen molar-refractivity contribution >= 4 is 5.97 Å². The van der Waals surface area contributed by atoms with Crippen LogP contribution >= 0.6 is 0 Å². The second-order valence-corrected chi connectivity index (χ2v) is 6.60. The van der Waals surface area contributed by atoms with Crippen LogP contribution in [-0.2, 0) is 24.1 Å². The molecule has 27 heavy (non-hydrogen) atoms. The van der Waals surface area contributed by atoms with Crippen LogP contribution in [0.25, 0.3) is 0 Å². The van der Waals surface area contributed by atoms with Crippen LogP contribution in [0.2, 0.25) is 0 Å². The number of ether oxygens (including phenoxy) is 1. The fraction of sp³-hybridized carbons (Fsp3) is 0.368. The van der Waals surface area contributed by atoms with Crippen molar-refractivity contribution in [1.82, 2.24) is 9.88 Å². The maximum Gasteiger partial charge on any atom is 0.416 e. The van der Waals surface area contributed by atoms with Crippen molar-refractivity contribution in [2.75, 3.05) is 13.1 Å². The molecule has 1 aliphatic heterocycles. The molecule has 0 aliphatic carbocycles. The van der Waals surface area contributed by atoms with E-state index in [4.69, 9.17) is 9.84 Å². The number of carboxylic acids is 1. The number of hydrogen-bond donors (Lipinski definition) is 1. The fourth-order valence-corrected chi connectivity index (χ4v) is 2.92. The average molecular weight is 380 g/mol. The molecule has 2 aromatic rings. The zero-order chi connectivity index (χ0) is 19.6. The molecule has 0 spiro atoms. The van der Waals surface area contributed by atoms with Crippen LogP contribution in [0.1, 0.15) is 22.5 Å². The Hall–Kier alpha value is -2.61. The molecular formula is C19H19F3N2O3. The normalized spacial score (nSPS) is 15.4. The van der Waals surface area contributed by atoms with Crippen molar-refractivity contribution in [3.8, 4) is 5.75 Å². The number of nitrogens with zero attached hydrogens (tertiary/aromatic N) is 2. The maximum absolute atomic E-state index is 12.8. The molecule has 8 heteroatoms. The van der Waals surface area contributed by atoms with Crippen molar-refractivity contribution in [3.05, 3.63) is 58.9 Å². The molecule has 0 radical (unpaired) electrons. The van der Waals surface area contributed by atoms with E-state index in [9.17, 15) is 18.0 Å². The first-order valence-electron chi connectivity index (χ1n) is 8.43. The molecule has 1 aromatic heterocycles. The topological polar surface area (TPSA) is 62.7 Å². The van der Waals surface area contributed by atoms with Crippen molar-refractivity contribution in [2.24, 2.45) is 5.92 Å². The number of aryl methyl sites for hydroxylation is 1. The summed E-state index contributed by atoms with van der Waals surface area (Å²) < 4.78 is 43.9. The number of carboxylic acid groups (broad SMARTS) is 1. The number of benzene rings is 1. The summed E-state index contributed by atoms with van der Waals surface area (Å²) in [6.45, 7) is 3.34. The Balaban J connectivity index is 1.58. The van der Waals surface area contributed by atoms with Gasteiger partial charge in [0.05, 0.1) is 22.9 Å². The second kappa shape index (κ2) is 7.56. The number of carbonyl (C=O) groups is 1. The van der Waals surface area contributed by atoms with Crippen LogP contribution in [0.3, 0.4) is 0 Å². The molecule has 1 aliphatic rings. The third-order valence-corrected chi connectivity index (χ3v) is 4.44. The lowest BCUT2D eigenvalue weighted by Gasteiger charge is -2.36. The SMILES string of the molecule is Cc1nc(CN2CC(C(=O)O)C2)ccc1OCc1cccc(C(F)(F)F)c1. The van der Waals surface area contributed by atoms with Gasteiger partial charge in [0.15, 0.2) is 0 Å². The summed E-state index contributed by atoms with van der Waals surface area (Å²) in [4.78, 5) is 17.3. The standard InChI is InChI=1S/C19H19F3N2O3/c1-12-17(27-11-13-3-2-4-15(7-13)19(20,21)22)6-5-16(23-12)10-24-8-14(9-24)18(25)26/h2-7,14H,8-11H2,1H3,(H,25,26). The van der Waals surface area contributed by atoms with Crippen LogP contribution in [0.5, 0.6) is 5.75 Å². The lowest BCUT2D eigenvalue weighted by atomic mass is 10.0. The first kappa shape index (κ1) is 19.2. The smallest absolute Gasteiger partial charge is 0.416 e. The van der Waals surface area contributed by atoms with Crippen LogP contribution in [0, 0.1) is 12.8 Å². The predicted molar refractivity (Wildman–Crippen MR) is 91.2 cm³/mol. The Morgan fingerprint density at radius 2 is 2.04 bits per heavy atom. The van der Waals surface area contributed by atoms with Crippen molar-refractivity contribution in [3.63, 3.8) is 0 Å². The average Bonchev–Trinajstić information content (AvgIpc) is 2.56. The van der Waals surface area contributed by atoms with Gasteiger partial charge in [-0.15, -0.1) is 0 Å². The minimum atomic E-state index is -4.38. The number of alkyl halides is 3. The number of rotatable bonds is 6. The van der Waals surface area contributed by atoms with Gasteiger partial charge in [-0.1, -0.05) is 12.1 Å². The van der Waals surface area contributed by atoms with Crippen LogP contribution < -0.4 is 4.74 Å². The Morgan fingerprint density at radius 1 is 1.30 bits per heavy atom. The number of halogens is 3. The molecule has 0 amide bonds. The molecule has 144 valence electrons. The largest absolute Gasteiger partial charge is 0.487 e. The first-order chi connectivity index (χ1) is 12.7. The monoisotopic (exact) mass is 380 g/mol. The van der Waals surface area contributed by atoms with Gasteiger partial charge in [-0.05, 0) is 36.8 Å². The maximum atomic E-state index is 12.8. The Bertz CT molecular complexity index is 833. The van der Waals surface area contributed by atoms with E-state index < -0.39 is 17.7 Å². The molecule has 0 bridgehead atoms. The molecule has 0 saturated carbocycles. The molecule has 5 nitrogen and oxygen atoms in total. The third kappa shape index (κ3) is 4.77. The van der Waals surface area contributed by atoms with E-state index in [0.29, 0.717) is 36.6 Å². The van der Waals surface area contributed by atoms with E-state index in [1.165, 1.54) is 6.07 Å². The Morgan fingerprint density at radius 3 is 2.67 bits per heavy atom. The van der Waals surface area contributed by atoms with E-state index in [0.717, 1.165) is 17.8 Å². The summed E-state index contributed by atoms with van der Waals surface area (Å²) in [5.74, 6) is -0.599. The number of likely N-dealkylation sites (tertiary alicyclic amines) is 1. The molecular weight excluding hydrogens is 361 g/mol. The highest BCUT2D eigenvalue weighted by atomic mass is 19.4. The number of pyridine rings is 1. The molecule has 1 N–H and O–H groups in total. The highest BCUT2D eigenvalue weighted by Gasteiger charge is 2.32. The van der Waals surface area contributed by atoms with E-state index >= 15 is 0 Å². The van der Waals surface area contributed by atoms with Gasteiger partial charge in [-0.3, -0.25) is 14.7 Å². The molecule has 0 atom stereocenters. The van der Waals surface area contributed by atoms with Gasteiger partial charge in [-0.25, -0.2) is 0 Å². The first-order valence-corrected chi connectivity index (χ1v) is 8.43. The molecule has 1 fully saturated rings. The van der Waals surface area contributed by atoms with Crippen LogP contribution in [0.15, 0.2) is 36.4 Å². The van der Waals surface area contributed by atoms with Crippen LogP contribution in [-0.4, -0.2) is 34.0 Å². The number of aromatic nitrogens is 1. The predicted octanol–water partition coefficient (Wildman–Crippen LogP) is 3.50. The van der Waals surface area contributed by atoms with Gasteiger partial charge in [0, 0.05) is 19.6 Å². The second-order valence-electron chi connectivity index (χ2n) is 6.60. The molecule has 2 heterocycles. The summed E-state index contributed by atoms with van der Waals surface area (Å²) >= 11 is 0. The quantitative estimate of drug-likeness (QED) is 0.831. The van der Waals surface area contributed by atoms with E-state index in [1.54, 1.807) is 25.1 Å². The highest BCUT2D eigenvalue weighted by molar-refractivity contribution is 5.71. The summed E-state index contributed by atoms with van der Waals surface area (Å²) in [7, 11) is 0. The van der Waals surface area contributed by atoms with Gasteiger partial charge < -0.3 is 9.84 Å². The van der Waals surface area contributed by atoms with Crippen molar-refractivity contribution < 1.29 is 27.8 Å². The van der Waals surface area contributed by atoms with E-state index in [2.05, 4.69) is 4.98 Å². The summed E-state index contributed by atoms with van der Waals surface area (Å²) in [5, 5.41) is 8.89. The third-order valence-electron chi connectivity index (χ3n) is 4.44. The van der Waals surface area contributed by atoms with E-state index in [-0.39, 0.29) is 12.5 Å². The molecule has 1 saturated heterocycles. The summed E-state index contributed by atoms with van der Waals surface area (Å²) in [5.41, 5.74) is 1.15. The molecule has 1 aromatic carbocycles. The summed E-state index contributed by atoms with van der Waals surface area (Å²) in [6, 6.07) is 8.54. The van der Waals surface area contributed by atoms with Gasteiger partial charge in [0.1, 0.15) is 12.4 Å². The lowest BCUT2D eigenvalue weighted by Crippen LogP contribution is -2.49. The minimum absolute atomic E-state index is 0.0121. The van der Waals surface area contributed by atoms with Crippen molar-refractivity contribution in [1.29, 1.82) is 0 Å². The lowest BCUT2D eigenvalue weighted by molar-refractivity contribution is -0.147. The Kier molecular flexibility index (Phi) is 5.36. The highest BCUT2D eigenvalue weighted by Crippen LogP contribution is 2.30. The van der Waals surface area contributed by atoms with E-state index in [1.807, 2.05) is 4.90 Å². The Labute approximate surface area is 154 Å². The number of aliphatic carboxylic acids is 1. The van der Waals surface area contributed by atoms with Gasteiger partial charge >= 0.3 is 12.1 Å². The number of hydrogen-bond acceptors (Lipinski definition) is 4. The van der Waals surface area contributed by atoms with Crippen LogP contribution in [0.4, 0.5) is 13.2 Å². The van der Waals surface area contributed by atoms with Crippen molar-refractivity contribution in [2.45, 2.75) is 26.3 Å². The van der Waals surface area contributed by atoms with Gasteiger partial charge in [0.25, 0.3) is 0 Å². The minimum Gasteiger partial charge on any atom is -0.487 e. The van der Waals surface area contributed by atoms with Gasteiger partial charge in [0.2, 0.25) is 0 Å². The summed E-state index contributed by atoms with van der Waals surface area (Å²) in [6.07, 6.45) is -4.38.